The van der Waals surface area contributed by atoms with E-state index in [0.717, 1.165) is 39.9 Å². The van der Waals surface area contributed by atoms with Gasteiger partial charge in [-0.25, -0.2) is 0 Å². The number of anilines is 1. The zero-order chi connectivity index (χ0) is 22.6. The predicted molar refractivity (Wildman–Crippen MR) is 129 cm³/mol. The van der Waals surface area contributed by atoms with Crippen molar-refractivity contribution in [2.45, 2.75) is 6.92 Å². The molecule has 3 aromatic rings. The molecule has 1 heterocycles. The van der Waals surface area contributed by atoms with Crippen molar-refractivity contribution in [3.63, 3.8) is 0 Å². The SMILES string of the molecule is C=C/C=C(\C=C)c1ccc(C=O)cn1.CNc1cc(-c2ccccc2)ccc1C(C)=O. The Morgan fingerprint density at radius 2 is 1.74 bits per heavy atom. The number of Topliss-reactive ketones (excluding diaryl/α,β-unsaturated/α-hetero) is 1. The number of pyridine rings is 1. The van der Waals surface area contributed by atoms with E-state index < -0.39 is 0 Å². The summed E-state index contributed by atoms with van der Waals surface area (Å²) in [5.41, 5.74) is 6.10. The smallest absolute Gasteiger partial charge is 0.161 e. The molecule has 0 spiro atoms. The number of carbonyl (C=O) groups excluding carboxylic acids is 2. The first-order valence-corrected chi connectivity index (χ1v) is 9.79. The second-order valence-electron chi connectivity index (χ2n) is 6.59. The largest absolute Gasteiger partial charge is 0.388 e. The fourth-order valence-electron chi connectivity index (χ4n) is 2.90. The van der Waals surface area contributed by atoms with Gasteiger partial charge in [0.15, 0.2) is 12.1 Å². The van der Waals surface area contributed by atoms with Gasteiger partial charge >= 0.3 is 0 Å². The summed E-state index contributed by atoms with van der Waals surface area (Å²) in [4.78, 5) is 25.9. The lowest BCUT2D eigenvalue weighted by Crippen LogP contribution is -2.00. The minimum atomic E-state index is 0.0777. The second kappa shape index (κ2) is 11.8. The maximum absolute atomic E-state index is 11.4. The van der Waals surface area contributed by atoms with E-state index >= 15 is 0 Å². The highest BCUT2D eigenvalue weighted by atomic mass is 16.1. The van der Waals surface area contributed by atoms with Crippen molar-refractivity contribution in [3.8, 4) is 11.1 Å². The van der Waals surface area contributed by atoms with Crippen LogP contribution in [-0.4, -0.2) is 24.1 Å². The van der Waals surface area contributed by atoms with E-state index in [1.165, 1.54) is 6.20 Å². The molecule has 0 aliphatic carbocycles. The quantitative estimate of drug-likeness (QED) is 0.284. The molecule has 3 rings (SSSR count). The third-order valence-corrected chi connectivity index (χ3v) is 4.51. The molecule has 1 N–H and O–H groups in total. The van der Waals surface area contributed by atoms with Gasteiger partial charge in [0.05, 0.1) is 5.69 Å². The molecule has 4 heteroatoms. The van der Waals surface area contributed by atoms with E-state index in [4.69, 9.17) is 0 Å². The van der Waals surface area contributed by atoms with Gasteiger partial charge in [-0.1, -0.05) is 67.8 Å². The van der Waals surface area contributed by atoms with Crippen LogP contribution in [0.3, 0.4) is 0 Å². The second-order valence-corrected chi connectivity index (χ2v) is 6.59. The van der Waals surface area contributed by atoms with Gasteiger partial charge in [0.2, 0.25) is 0 Å². The van der Waals surface area contributed by atoms with Crippen LogP contribution in [-0.2, 0) is 0 Å². The van der Waals surface area contributed by atoms with Crippen molar-refractivity contribution in [1.29, 1.82) is 0 Å². The molecule has 31 heavy (non-hydrogen) atoms. The van der Waals surface area contributed by atoms with Crippen LogP contribution in [0.25, 0.3) is 16.7 Å². The average molecular weight is 411 g/mol. The summed E-state index contributed by atoms with van der Waals surface area (Å²) in [5, 5.41) is 3.07. The van der Waals surface area contributed by atoms with E-state index in [0.29, 0.717) is 5.56 Å². The summed E-state index contributed by atoms with van der Waals surface area (Å²) >= 11 is 0. The number of hydrogen-bond acceptors (Lipinski definition) is 4. The lowest BCUT2D eigenvalue weighted by atomic mass is 10.0. The van der Waals surface area contributed by atoms with Gasteiger partial charge in [-0.3, -0.25) is 14.6 Å². The molecule has 1 aromatic heterocycles. The molecule has 4 nitrogen and oxygen atoms in total. The molecule has 0 fully saturated rings. The van der Waals surface area contributed by atoms with Crippen molar-refractivity contribution >= 4 is 23.3 Å². The Labute approximate surface area is 183 Å². The van der Waals surface area contributed by atoms with Gasteiger partial charge in [-0.15, -0.1) is 0 Å². The van der Waals surface area contributed by atoms with Crippen molar-refractivity contribution in [1.82, 2.24) is 4.98 Å². The lowest BCUT2D eigenvalue weighted by Gasteiger charge is -2.09. The Bertz CT molecular complexity index is 1080. The molecule has 0 saturated heterocycles. The zero-order valence-electron chi connectivity index (χ0n) is 17.8. The van der Waals surface area contributed by atoms with E-state index in [1.54, 1.807) is 31.2 Å². The van der Waals surface area contributed by atoms with Crippen LogP contribution in [0.1, 0.15) is 33.3 Å². The van der Waals surface area contributed by atoms with Crippen LogP contribution in [0, 0.1) is 0 Å². The fraction of sp³-hybridized carbons (Fsp3) is 0.0741. The number of aldehydes is 1. The minimum absolute atomic E-state index is 0.0777. The zero-order valence-corrected chi connectivity index (χ0v) is 17.8. The molecule has 0 saturated carbocycles. The predicted octanol–water partition coefficient (Wildman–Crippen LogP) is 6.25. The highest BCUT2D eigenvalue weighted by Gasteiger charge is 2.07. The number of allylic oxidation sites excluding steroid dienone is 4. The first-order valence-electron chi connectivity index (χ1n) is 9.79. The molecule has 0 atom stereocenters. The molecule has 0 radical (unpaired) electrons. The number of ketones is 1. The molecule has 0 aliphatic rings. The number of rotatable bonds is 7. The summed E-state index contributed by atoms with van der Waals surface area (Å²) < 4.78 is 0. The van der Waals surface area contributed by atoms with Crippen LogP contribution >= 0.6 is 0 Å². The van der Waals surface area contributed by atoms with E-state index in [-0.39, 0.29) is 5.78 Å². The van der Waals surface area contributed by atoms with Crippen LogP contribution in [0.4, 0.5) is 5.69 Å². The van der Waals surface area contributed by atoms with Crippen LogP contribution in [0.2, 0.25) is 0 Å². The minimum Gasteiger partial charge on any atom is -0.388 e. The highest BCUT2D eigenvalue weighted by Crippen LogP contribution is 2.25. The fourth-order valence-corrected chi connectivity index (χ4v) is 2.90. The van der Waals surface area contributed by atoms with Crippen molar-refractivity contribution in [2.75, 3.05) is 12.4 Å². The number of aromatic nitrogens is 1. The third kappa shape index (κ3) is 6.47. The maximum atomic E-state index is 11.4. The number of benzene rings is 2. The molecule has 156 valence electrons. The number of nitrogens with one attached hydrogen (secondary N) is 1. The van der Waals surface area contributed by atoms with Crippen molar-refractivity contribution in [3.05, 3.63) is 115 Å². The van der Waals surface area contributed by atoms with Crippen LogP contribution < -0.4 is 5.32 Å². The lowest BCUT2D eigenvalue weighted by molar-refractivity contribution is 0.101. The third-order valence-electron chi connectivity index (χ3n) is 4.51. The Balaban J connectivity index is 0.000000225. The van der Waals surface area contributed by atoms with Crippen LogP contribution in [0.5, 0.6) is 0 Å². The van der Waals surface area contributed by atoms with Gasteiger partial charge in [-0.05, 0) is 47.9 Å². The van der Waals surface area contributed by atoms with Crippen molar-refractivity contribution < 1.29 is 9.59 Å². The first kappa shape index (κ1) is 23.2. The van der Waals surface area contributed by atoms with E-state index in [1.807, 2.05) is 49.5 Å². The van der Waals surface area contributed by atoms with Gasteiger partial charge in [-0.2, -0.15) is 0 Å². The summed E-state index contributed by atoms with van der Waals surface area (Å²) in [5.74, 6) is 0.0777. The van der Waals surface area contributed by atoms with Gasteiger partial charge in [0.1, 0.15) is 0 Å². The molecule has 2 aromatic carbocycles. The van der Waals surface area contributed by atoms with Gasteiger partial charge < -0.3 is 5.32 Å². The molecular weight excluding hydrogens is 384 g/mol. The highest BCUT2D eigenvalue weighted by molar-refractivity contribution is 6.00. The van der Waals surface area contributed by atoms with Crippen LogP contribution in [0.15, 0.2) is 98.2 Å². The number of nitrogens with zero attached hydrogens (tertiary/aromatic N) is 1. The molecule has 0 bridgehead atoms. The molecular formula is C27H26N2O2. The summed E-state index contributed by atoms with van der Waals surface area (Å²) in [7, 11) is 1.83. The Morgan fingerprint density at radius 1 is 1.00 bits per heavy atom. The average Bonchev–Trinajstić information content (AvgIpc) is 2.83. The molecule has 0 amide bonds. The standard InChI is InChI=1S/C15H15NO.C12H11NO/c1-11(17)14-9-8-13(10-15(14)16-2)12-6-4-3-5-7-12;1-3-5-11(4-2)12-7-6-10(9-14)8-13-12/h3-10,16H,1-2H3;3-9H,1-2H2/b;11-5+. The van der Waals surface area contributed by atoms with Gasteiger partial charge in [0.25, 0.3) is 0 Å². The molecule has 0 unspecified atom stereocenters. The summed E-state index contributed by atoms with van der Waals surface area (Å²) in [6.45, 7) is 8.85. The molecule has 0 aliphatic heterocycles. The normalized spacial score (nSPS) is 10.3. The van der Waals surface area contributed by atoms with Gasteiger partial charge in [0, 0.05) is 30.1 Å². The Kier molecular flexibility index (Phi) is 8.87. The summed E-state index contributed by atoms with van der Waals surface area (Å²) in [6.07, 6.45) is 7.48. The van der Waals surface area contributed by atoms with E-state index in [2.05, 4.69) is 35.6 Å². The van der Waals surface area contributed by atoms with E-state index in [9.17, 15) is 9.59 Å². The first-order chi connectivity index (χ1) is 15.0. The topological polar surface area (TPSA) is 59.1 Å². The summed E-state index contributed by atoms with van der Waals surface area (Å²) in [6, 6.07) is 19.5. The Hall–Kier alpha value is -4.05. The van der Waals surface area contributed by atoms with Crippen molar-refractivity contribution in [2.24, 2.45) is 0 Å². The monoisotopic (exact) mass is 410 g/mol. The number of carbonyl (C=O) groups is 2. The maximum Gasteiger partial charge on any atom is 0.161 e. The number of hydrogen-bond donors (Lipinski definition) is 1. The Morgan fingerprint density at radius 3 is 2.26 bits per heavy atom.